The topological polar surface area (TPSA) is 12.9 Å². The molecule has 0 aliphatic rings. The molecule has 1 aromatic carbocycles. The molecule has 0 aliphatic carbocycles. The van der Waals surface area contributed by atoms with E-state index in [1.165, 1.54) is 11.1 Å². The molecular formula is C10H8BrNS2. The highest BCUT2D eigenvalue weighted by Crippen LogP contribution is 2.29. The number of aryl methyl sites for hydroxylation is 1. The third-order valence-electron chi connectivity index (χ3n) is 1.92. The molecule has 14 heavy (non-hydrogen) atoms. The molecule has 1 heterocycles. The van der Waals surface area contributed by atoms with Gasteiger partial charge in [0.2, 0.25) is 0 Å². The molecule has 72 valence electrons. The third kappa shape index (κ3) is 2.02. The van der Waals surface area contributed by atoms with Gasteiger partial charge in [-0.2, -0.15) is 0 Å². The van der Waals surface area contributed by atoms with Gasteiger partial charge >= 0.3 is 0 Å². The monoisotopic (exact) mass is 285 g/mol. The Bertz CT molecular complexity index is 465. The summed E-state index contributed by atoms with van der Waals surface area (Å²) in [6.07, 6.45) is 0. The summed E-state index contributed by atoms with van der Waals surface area (Å²) in [6.45, 7) is 2.08. The van der Waals surface area contributed by atoms with Crippen LogP contribution >= 0.6 is 39.9 Å². The van der Waals surface area contributed by atoms with Crippen LogP contribution in [0.15, 0.2) is 33.1 Å². The molecule has 0 atom stereocenters. The third-order valence-corrected chi connectivity index (χ3v) is 3.69. The molecule has 0 aliphatic heterocycles. The van der Waals surface area contributed by atoms with Gasteiger partial charge in [0.1, 0.15) is 10.0 Å². The van der Waals surface area contributed by atoms with Crippen molar-refractivity contribution in [3.05, 3.63) is 33.6 Å². The molecule has 0 bridgehead atoms. The summed E-state index contributed by atoms with van der Waals surface area (Å²) in [5.41, 5.74) is 2.40. The van der Waals surface area contributed by atoms with Gasteiger partial charge in [-0.05, 0) is 24.6 Å². The average molecular weight is 286 g/mol. The van der Waals surface area contributed by atoms with Gasteiger partial charge in [0.25, 0.3) is 0 Å². The van der Waals surface area contributed by atoms with E-state index in [9.17, 15) is 0 Å². The summed E-state index contributed by atoms with van der Waals surface area (Å²) < 4.78 is 1.08. The van der Waals surface area contributed by atoms with Crippen LogP contribution in [0.3, 0.4) is 0 Å². The zero-order valence-corrected chi connectivity index (χ0v) is 10.8. The Labute approximate surface area is 101 Å². The first-order valence-electron chi connectivity index (χ1n) is 4.08. The van der Waals surface area contributed by atoms with Crippen molar-refractivity contribution in [2.45, 2.75) is 11.9 Å². The number of rotatable bonds is 1. The Morgan fingerprint density at radius 3 is 2.86 bits per heavy atom. The molecule has 0 radical (unpaired) electrons. The van der Waals surface area contributed by atoms with Gasteiger partial charge in [-0.3, -0.25) is 0 Å². The van der Waals surface area contributed by atoms with Crippen molar-refractivity contribution in [1.82, 2.24) is 4.98 Å². The van der Waals surface area contributed by atoms with E-state index in [1.807, 2.05) is 11.4 Å². The second kappa shape index (κ2) is 4.04. The molecule has 0 amide bonds. The molecular weight excluding hydrogens is 278 g/mol. The van der Waals surface area contributed by atoms with E-state index in [0.29, 0.717) is 0 Å². The quantitative estimate of drug-likeness (QED) is 0.776. The maximum atomic E-state index is 4.34. The van der Waals surface area contributed by atoms with Crippen molar-refractivity contribution < 1.29 is 0 Å². The Balaban J connectivity index is 2.55. The van der Waals surface area contributed by atoms with Gasteiger partial charge in [-0.1, -0.05) is 22.0 Å². The summed E-state index contributed by atoms with van der Waals surface area (Å²) >= 11 is 9.28. The summed E-state index contributed by atoms with van der Waals surface area (Å²) in [6, 6.07) is 6.20. The molecule has 2 aromatic rings. The highest BCUT2D eigenvalue weighted by atomic mass is 79.9. The number of benzene rings is 1. The molecule has 0 N–H and O–H groups in total. The Morgan fingerprint density at radius 1 is 1.43 bits per heavy atom. The molecule has 0 unspecified atom stereocenters. The molecule has 0 saturated carbocycles. The Hall–Kier alpha value is -0.320. The molecule has 1 nitrogen and oxygen atoms in total. The van der Waals surface area contributed by atoms with E-state index in [2.05, 4.69) is 52.6 Å². The van der Waals surface area contributed by atoms with Crippen molar-refractivity contribution in [2.24, 2.45) is 0 Å². The lowest BCUT2D eigenvalue weighted by atomic mass is 10.1. The fourth-order valence-corrected chi connectivity index (χ4v) is 2.67. The number of nitrogens with zero attached hydrogens (tertiary/aromatic N) is 1. The van der Waals surface area contributed by atoms with Crippen LogP contribution in [0.25, 0.3) is 10.6 Å². The lowest BCUT2D eigenvalue weighted by Gasteiger charge is -2.02. The first kappa shape index (κ1) is 10.2. The molecule has 0 spiro atoms. The fraction of sp³-hybridized carbons (Fsp3) is 0.100. The minimum absolute atomic E-state index is 0.782. The number of hydrogen-bond acceptors (Lipinski definition) is 3. The number of thiol groups is 1. The molecule has 0 fully saturated rings. The van der Waals surface area contributed by atoms with Crippen LogP contribution in [0.1, 0.15) is 5.56 Å². The van der Waals surface area contributed by atoms with Gasteiger partial charge in [-0.15, -0.1) is 24.0 Å². The second-order valence-corrected chi connectivity index (χ2v) is 5.20. The van der Waals surface area contributed by atoms with E-state index in [1.54, 1.807) is 11.3 Å². The van der Waals surface area contributed by atoms with E-state index < -0.39 is 0 Å². The van der Waals surface area contributed by atoms with Gasteiger partial charge < -0.3 is 0 Å². The molecule has 0 saturated heterocycles. The van der Waals surface area contributed by atoms with Crippen LogP contribution in [0.4, 0.5) is 0 Å². The minimum Gasteiger partial charge on any atom is -0.230 e. The fourth-order valence-electron chi connectivity index (χ4n) is 1.21. The molecule has 4 heteroatoms. The second-order valence-electron chi connectivity index (χ2n) is 2.97. The summed E-state index contributed by atoms with van der Waals surface area (Å²) in [5, 5.41) is 3.75. The van der Waals surface area contributed by atoms with E-state index in [-0.39, 0.29) is 0 Å². The van der Waals surface area contributed by atoms with Gasteiger partial charge in [-0.25, -0.2) is 4.98 Å². The molecule has 1 aromatic heterocycles. The average Bonchev–Trinajstić information content (AvgIpc) is 2.56. The van der Waals surface area contributed by atoms with Crippen molar-refractivity contribution in [2.75, 3.05) is 0 Å². The smallest absolute Gasteiger partial charge is 0.124 e. The zero-order valence-electron chi connectivity index (χ0n) is 7.49. The van der Waals surface area contributed by atoms with Gasteiger partial charge in [0.05, 0.1) is 0 Å². The highest BCUT2D eigenvalue weighted by molar-refractivity contribution is 9.10. The standard InChI is InChI=1S/C10H8BrNS2/c1-6-2-3-7(11)4-8(6)10-12-9(13)5-14-10/h2-5,13H,1H3. The number of hydrogen-bond donors (Lipinski definition) is 1. The molecule has 2 rings (SSSR count). The zero-order chi connectivity index (χ0) is 10.1. The maximum Gasteiger partial charge on any atom is 0.124 e. The highest BCUT2D eigenvalue weighted by Gasteiger charge is 2.06. The van der Waals surface area contributed by atoms with Crippen LogP contribution < -0.4 is 0 Å². The summed E-state index contributed by atoms with van der Waals surface area (Å²) in [4.78, 5) is 4.34. The van der Waals surface area contributed by atoms with E-state index >= 15 is 0 Å². The normalized spacial score (nSPS) is 10.5. The van der Waals surface area contributed by atoms with E-state index in [0.717, 1.165) is 14.5 Å². The predicted octanol–water partition coefficient (Wildman–Crippen LogP) is 4.17. The predicted molar refractivity (Wildman–Crippen MR) is 67.2 cm³/mol. The summed E-state index contributed by atoms with van der Waals surface area (Å²) in [7, 11) is 0. The van der Waals surface area contributed by atoms with E-state index in [4.69, 9.17) is 0 Å². The number of thiazole rings is 1. The van der Waals surface area contributed by atoms with Crippen LogP contribution in [0.5, 0.6) is 0 Å². The maximum absolute atomic E-state index is 4.34. The largest absolute Gasteiger partial charge is 0.230 e. The Kier molecular flexibility index (Phi) is 2.95. The first-order chi connectivity index (χ1) is 6.66. The van der Waals surface area contributed by atoms with Crippen molar-refractivity contribution in [1.29, 1.82) is 0 Å². The van der Waals surface area contributed by atoms with Gasteiger partial charge in [0, 0.05) is 15.4 Å². The van der Waals surface area contributed by atoms with Crippen LogP contribution in [-0.4, -0.2) is 4.98 Å². The minimum atomic E-state index is 0.782. The lowest BCUT2D eigenvalue weighted by Crippen LogP contribution is -1.82. The SMILES string of the molecule is Cc1ccc(Br)cc1-c1nc(S)cs1. The number of aromatic nitrogens is 1. The Morgan fingerprint density at radius 2 is 2.21 bits per heavy atom. The van der Waals surface area contributed by atoms with Crippen molar-refractivity contribution >= 4 is 39.9 Å². The van der Waals surface area contributed by atoms with Crippen molar-refractivity contribution in [3.8, 4) is 10.6 Å². The van der Waals surface area contributed by atoms with Crippen LogP contribution in [0, 0.1) is 6.92 Å². The first-order valence-corrected chi connectivity index (χ1v) is 6.20. The van der Waals surface area contributed by atoms with Crippen LogP contribution in [-0.2, 0) is 0 Å². The van der Waals surface area contributed by atoms with Gasteiger partial charge in [0.15, 0.2) is 0 Å². The van der Waals surface area contributed by atoms with Crippen LogP contribution in [0.2, 0.25) is 0 Å². The lowest BCUT2D eigenvalue weighted by molar-refractivity contribution is 1.21. The van der Waals surface area contributed by atoms with Crippen molar-refractivity contribution in [3.63, 3.8) is 0 Å². The number of halogens is 1. The summed E-state index contributed by atoms with van der Waals surface area (Å²) in [5.74, 6) is 0.